The molecule has 0 aliphatic heterocycles. The second-order valence-electron chi connectivity index (χ2n) is 4.94. The molecular formula is C18H19Cl2N3O2. The molecule has 1 amide bonds. The Balaban J connectivity index is 0.000000550. The maximum atomic E-state index is 11.7. The zero-order chi connectivity index (χ0) is 18.8. The van der Waals surface area contributed by atoms with Crippen molar-refractivity contribution in [1.29, 1.82) is 0 Å². The van der Waals surface area contributed by atoms with Gasteiger partial charge in [-0.25, -0.2) is 5.48 Å². The molecule has 1 aromatic carbocycles. The molecule has 0 radical (unpaired) electrons. The first-order chi connectivity index (χ1) is 12.0. The van der Waals surface area contributed by atoms with Crippen LogP contribution in [0.2, 0.25) is 0 Å². The number of carbonyl (C=O) groups is 1. The van der Waals surface area contributed by atoms with Gasteiger partial charge in [0.1, 0.15) is 0 Å². The Bertz CT molecular complexity index is 806. The van der Waals surface area contributed by atoms with Crippen LogP contribution in [0.15, 0.2) is 48.0 Å². The monoisotopic (exact) mass is 379 g/mol. The molecule has 0 spiro atoms. The number of halogens is 2. The second-order valence-corrected chi connectivity index (χ2v) is 5.43. The highest BCUT2D eigenvalue weighted by Crippen LogP contribution is 2.26. The van der Waals surface area contributed by atoms with Crippen LogP contribution in [0, 0.1) is 12.3 Å². The predicted octanol–water partition coefficient (Wildman–Crippen LogP) is 4.27. The predicted molar refractivity (Wildman–Crippen MR) is 102 cm³/mol. The molecule has 2 N–H and O–H groups in total. The van der Waals surface area contributed by atoms with Crippen molar-refractivity contribution in [2.75, 3.05) is 5.88 Å². The van der Waals surface area contributed by atoms with Gasteiger partial charge >= 0.3 is 0 Å². The van der Waals surface area contributed by atoms with E-state index in [0.717, 1.165) is 11.1 Å². The fourth-order valence-electron chi connectivity index (χ4n) is 2.08. The molecule has 2 rings (SSSR count). The molecule has 0 bridgehead atoms. The van der Waals surface area contributed by atoms with Gasteiger partial charge in [-0.3, -0.25) is 14.7 Å². The largest absolute Gasteiger partial charge is 0.295 e. The highest BCUT2D eigenvalue weighted by Gasteiger charge is 2.20. The lowest BCUT2D eigenvalue weighted by molar-refractivity contribution is 0.0701. The van der Waals surface area contributed by atoms with Gasteiger partial charge in [-0.1, -0.05) is 35.9 Å². The smallest absolute Gasteiger partial charge is 0.288 e. The number of rotatable bonds is 5. The van der Waals surface area contributed by atoms with Crippen molar-refractivity contribution in [3.8, 4) is 12.3 Å². The summed E-state index contributed by atoms with van der Waals surface area (Å²) in [5.41, 5.74) is 4.71. The summed E-state index contributed by atoms with van der Waals surface area (Å²) < 4.78 is 1.66. The van der Waals surface area contributed by atoms with Gasteiger partial charge in [0.25, 0.3) is 5.91 Å². The lowest BCUT2D eigenvalue weighted by Crippen LogP contribution is -2.20. The summed E-state index contributed by atoms with van der Waals surface area (Å²) in [5, 5.41) is 13.7. The standard InChI is InChI=1S/C13H13Cl2N3O2.C5H6/c1-8(9(6-14)7-15)18-11-5-3-2-4-10(11)12(16-18)13(19)17-20;1-3-5-4-2/h2-6,8,20H,7H2,1H3,(H,17,19);1,4H,2,5H2/b9-6-;. The highest BCUT2D eigenvalue weighted by atomic mass is 35.5. The SMILES string of the molecule is C#CCC=C.CC(/C(=C\Cl)CCl)n1nc(C(=O)NO)c2ccccc21. The number of hydrogen-bond donors (Lipinski definition) is 2. The van der Waals surface area contributed by atoms with Gasteiger partial charge in [-0.05, 0) is 18.6 Å². The first-order valence-electron chi connectivity index (χ1n) is 7.36. The van der Waals surface area contributed by atoms with Crippen LogP contribution in [0.4, 0.5) is 0 Å². The quantitative estimate of drug-likeness (QED) is 0.268. The first kappa shape index (κ1) is 20.8. The van der Waals surface area contributed by atoms with E-state index in [1.807, 2.05) is 19.1 Å². The number of terminal acetylenes is 1. The number of aromatic nitrogens is 2. The van der Waals surface area contributed by atoms with Gasteiger partial charge in [0.2, 0.25) is 0 Å². The number of carbonyl (C=O) groups excluding carboxylic acids is 1. The van der Waals surface area contributed by atoms with Crippen LogP contribution in [-0.2, 0) is 0 Å². The van der Waals surface area contributed by atoms with Crippen LogP contribution in [-0.4, -0.2) is 26.8 Å². The molecule has 132 valence electrons. The molecule has 0 saturated carbocycles. The number of para-hydroxylation sites is 1. The number of nitrogens with zero attached hydrogens (tertiary/aromatic N) is 2. The van der Waals surface area contributed by atoms with E-state index in [9.17, 15) is 4.79 Å². The van der Waals surface area contributed by atoms with Crippen molar-refractivity contribution >= 4 is 40.0 Å². The molecule has 1 heterocycles. The number of alkyl halides is 1. The fourth-order valence-corrected chi connectivity index (χ4v) is 2.72. The maximum Gasteiger partial charge on any atom is 0.295 e. The van der Waals surface area contributed by atoms with E-state index in [0.29, 0.717) is 11.8 Å². The van der Waals surface area contributed by atoms with E-state index in [1.165, 1.54) is 5.54 Å². The zero-order valence-electron chi connectivity index (χ0n) is 13.7. The number of nitrogens with one attached hydrogen (secondary N) is 1. The molecule has 1 atom stereocenters. The molecule has 1 unspecified atom stereocenters. The van der Waals surface area contributed by atoms with Gasteiger partial charge in [-0.15, -0.1) is 30.5 Å². The Morgan fingerprint density at radius 3 is 2.72 bits per heavy atom. The summed E-state index contributed by atoms with van der Waals surface area (Å²) in [4.78, 5) is 11.7. The fraction of sp³-hybridized carbons (Fsp3) is 0.222. The van der Waals surface area contributed by atoms with E-state index >= 15 is 0 Å². The zero-order valence-corrected chi connectivity index (χ0v) is 15.3. The minimum absolute atomic E-state index is 0.151. The van der Waals surface area contributed by atoms with E-state index in [-0.39, 0.29) is 17.6 Å². The number of amides is 1. The van der Waals surface area contributed by atoms with Crippen LogP contribution in [0.1, 0.15) is 29.9 Å². The summed E-state index contributed by atoms with van der Waals surface area (Å²) in [5.74, 6) is 2.01. The highest BCUT2D eigenvalue weighted by molar-refractivity contribution is 6.27. The van der Waals surface area contributed by atoms with Crippen molar-refractivity contribution in [2.24, 2.45) is 0 Å². The number of benzene rings is 1. The van der Waals surface area contributed by atoms with Gasteiger partial charge in [0.15, 0.2) is 5.69 Å². The van der Waals surface area contributed by atoms with Gasteiger partial charge in [-0.2, -0.15) is 5.10 Å². The molecular weight excluding hydrogens is 361 g/mol. The summed E-state index contributed by atoms with van der Waals surface area (Å²) in [6.07, 6.45) is 7.19. The van der Waals surface area contributed by atoms with Crippen LogP contribution in [0.25, 0.3) is 10.9 Å². The molecule has 25 heavy (non-hydrogen) atoms. The minimum Gasteiger partial charge on any atom is -0.288 e. The summed E-state index contributed by atoms with van der Waals surface area (Å²) in [6, 6.07) is 7.05. The first-order valence-corrected chi connectivity index (χ1v) is 8.33. The van der Waals surface area contributed by atoms with Crippen molar-refractivity contribution in [1.82, 2.24) is 15.3 Å². The van der Waals surface area contributed by atoms with E-state index in [2.05, 4.69) is 17.6 Å². The second kappa shape index (κ2) is 10.6. The van der Waals surface area contributed by atoms with Crippen molar-refractivity contribution in [3.05, 3.63) is 53.7 Å². The topological polar surface area (TPSA) is 67.2 Å². The molecule has 0 saturated heterocycles. The van der Waals surface area contributed by atoms with Gasteiger partial charge < -0.3 is 0 Å². The van der Waals surface area contributed by atoms with Gasteiger partial charge in [0, 0.05) is 23.2 Å². The van der Waals surface area contributed by atoms with Crippen LogP contribution < -0.4 is 5.48 Å². The third-order valence-corrected chi connectivity index (χ3v) is 3.98. The summed E-state index contributed by atoms with van der Waals surface area (Å²) >= 11 is 11.6. The Labute approximate surface area is 156 Å². The molecule has 0 aliphatic carbocycles. The average molecular weight is 380 g/mol. The third-order valence-electron chi connectivity index (χ3n) is 3.39. The number of fused-ring (bicyclic) bond motifs is 1. The van der Waals surface area contributed by atoms with Crippen LogP contribution in [0.3, 0.4) is 0 Å². The molecule has 2 aromatic rings. The lowest BCUT2D eigenvalue weighted by atomic mass is 10.1. The summed E-state index contributed by atoms with van der Waals surface area (Å²) in [6.45, 7) is 5.29. The van der Waals surface area contributed by atoms with Gasteiger partial charge in [0.05, 0.1) is 11.6 Å². The van der Waals surface area contributed by atoms with E-state index in [1.54, 1.807) is 28.4 Å². The van der Waals surface area contributed by atoms with Crippen molar-refractivity contribution in [2.45, 2.75) is 19.4 Å². The van der Waals surface area contributed by atoms with Crippen LogP contribution >= 0.6 is 23.2 Å². The number of allylic oxidation sites excluding steroid dienone is 2. The molecule has 7 heteroatoms. The van der Waals surface area contributed by atoms with Crippen molar-refractivity contribution < 1.29 is 10.0 Å². The summed E-state index contributed by atoms with van der Waals surface area (Å²) in [7, 11) is 0. The average Bonchev–Trinajstić information content (AvgIpc) is 3.03. The normalized spacial score (nSPS) is 11.9. The van der Waals surface area contributed by atoms with Crippen LogP contribution in [0.5, 0.6) is 0 Å². The maximum absolute atomic E-state index is 11.7. The Kier molecular flexibility index (Phi) is 8.79. The molecule has 0 fully saturated rings. The molecule has 5 nitrogen and oxygen atoms in total. The van der Waals surface area contributed by atoms with Crippen molar-refractivity contribution in [3.63, 3.8) is 0 Å². The molecule has 1 aromatic heterocycles. The number of hydrogen-bond acceptors (Lipinski definition) is 3. The Hall–Kier alpha value is -2.26. The Morgan fingerprint density at radius 1 is 1.56 bits per heavy atom. The molecule has 0 aliphatic rings. The minimum atomic E-state index is -0.658. The third kappa shape index (κ3) is 5.10. The Morgan fingerprint density at radius 2 is 2.24 bits per heavy atom. The van der Waals surface area contributed by atoms with E-state index < -0.39 is 5.91 Å². The van der Waals surface area contributed by atoms with E-state index in [4.69, 9.17) is 34.8 Å². The number of hydroxylamine groups is 1. The lowest BCUT2D eigenvalue weighted by Gasteiger charge is -2.14.